The molecule has 1 fully saturated rings. The highest BCUT2D eigenvalue weighted by Crippen LogP contribution is 2.31. The first-order valence-corrected chi connectivity index (χ1v) is 12.3. The van der Waals surface area contributed by atoms with E-state index in [1.165, 1.54) is 28.8 Å². The quantitative estimate of drug-likeness (QED) is 0.357. The number of carbonyl (C=O) groups is 1. The van der Waals surface area contributed by atoms with E-state index in [1.54, 1.807) is 0 Å². The van der Waals surface area contributed by atoms with Crippen molar-refractivity contribution in [2.24, 2.45) is 0 Å². The van der Waals surface area contributed by atoms with Gasteiger partial charge in [0.05, 0.1) is 11.1 Å². The van der Waals surface area contributed by atoms with Crippen LogP contribution in [0.25, 0.3) is 21.3 Å². The van der Waals surface area contributed by atoms with E-state index in [1.807, 2.05) is 58.8 Å². The van der Waals surface area contributed by atoms with Crippen LogP contribution in [0.2, 0.25) is 0 Å². The van der Waals surface area contributed by atoms with Crippen LogP contribution < -0.4 is 10.5 Å². The zero-order valence-corrected chi connectivity index (χ0v) is 19.0. The number of amides is 1. The van der Waals surface area contributed by atoms with Gasteiger partial charge < -0.3 is 14.8 Å². The first-order chi connectivity index (χ1) is 15.7. The Labute approximate surface area is 193 Å². The van der Waals surface area contributed by atoms with Gasteiger partial charge in [-0.25, -0.2) is 4.98 Å². The van der Waals surface area contributed by atoms with E-state index in [2.05, 4.69) is 27.0 Å². The molecule has 0 unspecified atom stereocenters. The third-order valence-electron chi connectivity index (χ3n) is 5.59. The van der Waals surface area contributed by atoms with Crippen molar-refractivity contribution < 1.29 is 4.79 Å². The Morgan fingerprint density at radius 1 is 1.00 bits per heavy atom. The average Bonchev–Trinajstić information content (AvgIpc) is 3.28. The van der Waals surface area contributed by atoms with Gasteiger partial charge in [0.2, 0.25) is 5.91 Å². The van der Waals surface area contributed by atoms with Crippen LogP contribution in [-0.2, 0) is 4.79 Å². The second-order valence-corrected chi connectivity index (χ2v) is 9.38. The molecule has 2 aromatic heterocycles. The second kappa shape index (κ2) is 9.18. The first-order valence-electron chi connectivity index (χ1n) is 10.5. The number of rotatable bonds is 5. The molecule has 0 aliphatic carbocycles. The predicted octanol–water partition coefficient (Wildman–Crippen LogP) is 4.09. The second-order valence-electron chi connectivity index (χ2n) is 7.56. The van der Waals surface area contributed by atoms with E-state index < -0.39 is 0 Å². The maximum absolute atomic E-state index is 12.8. The zero-order chi connectivity index (χ0) is 21.9. The fraction of sp³-hybridized carbons (Fsp3) is 0.208. The molecule has 5 rings (SSSR count). The van der Waals surface area contributed by atoms with E-state index in [0.717, 1.165) is 24.2 Å². The summed E-state index contributed by atoms with van der Waals surface area (Å²) in [6.07, 6.45) is 0. The number of thioether (sulfide) groups is 1. The number of anilines is 1. The van der Waals surface area contributed by atoms with Crippen molar-refractivity contribution in [3.05, 3.63) is 76.4 Å². The number of fused-ring (bicyclic) bond motifs is 1. The minimum atomic E-state index is -0.165. The lowest BCUT2D eigenvalue weighted by Crippen LogP contribution is -2.49. The summed E-state index contributed by atoms with van der Waals surface area (Å²) in [6.45, 7) is 3.03. The number of aromatic amines is 1. The van der Waals surface area contributed by atoms with Crippen LogP contribution >= 0.6 is 23.1 Å². The summed E-state index contributed by atoms with van der Waals surface area (Å²) < 4.78 is 0. The van der Waals surface area contributed by atoms with Gasteiger partial charge >= 0.3 is 0 Å². The average molecular weight is 463 g/mol. The summed E-state index contributed by atoms with van der Waals surface area (Å²) in [7, 11) is 0. The molecule has 1 saturated heterocycles. The Morgan fingerprint density at radius 3 is 2.41 bits per heavy atom. The molecule has 1 aliphatic rings. The van der Waals surface area contributed by atoms with Gasteiger partial charge in [0, 0.05) is 42.8 Å². The third kappa shape index (κ3) is 4.28. The summed E-state index contributed by atoms with van der Waals surface area (Å²) in [4.78, 5) is 37.8. The number of thiophene rings is 1. The topological polar surface area (TPSA) is 69.3 Å². The number of aromatic nitrogens is 2. The summed E-state index contributed by atoms with van der Waals surface area (Å²) >= 11 is 2.74. The van der Waals surface area contributed by atoms with E-state index in [4.69, 9.17) is 0 Å². The Morgan fingerprint density at radius 2 is 1.69 bits per heavy atom. The third-order valence-corrected chi connectivity index (χ3v) is 7.32. The van der Waals surface area contributed by atoms with Gasteiger partial charge in [0.15, 0.2) is 5.16 Å². The molecular formula is C24H22N4O2S2. The normalized spacial score (nSPS) is 14.1. The highest BCUT2D eigenvalue weighted by Gasteiger charge is 2.22. The van der Waals surface area contributed by atoms with Gasteiger partial charge in [-0.05, 0) is 17.7 Å². The minimum Gasteiger partial charge on any atom is -0.368 e. The lowest BCUT2D eigenvalue weighted by Gasteiger charge is -2.36. The molecule has 3 heterocycles. The number of piperazine rings is 1. The van der Waals surface area contributed by atoms with E-state index in [9.17, 15) is 9.59 Å². The Kier molecular flexibility index (Phi) is 5.96. The largest absolute Gasteiger partial charge is 0.368 e. The van der Waals surface area contributed by atoms with Crippen molar-refractivity contribution in [3.8, 4) is 11.1 Å². The standard InChI is InChI=1S/C24H22N4O2S2/c29-20(28-13-11-27(12-14-28)18-9-5-2-6-10-18)16-32-24-25-22(30)21-19(15-31-23(21)26-24)17-7-3-1-4-8-17/h1-10,15H,11-14,16H2,(H,25,26,30). The van der Waals surface area contributed by atoms with Crippen LogP contribution in [-0.4, -0.2) is 52.7 Å². The van der Waals surface area contributed by atoms with Gasteiger partial charge in [-0.3, -0.25) is 9.59 Å². The number of hydrogen-bond acceptors (Lipinski definition) is 6. The number of para-hydroxylation sites is 1. The van der Waals surface area contributed by atoms with Gasteiger partial charge in [-0.15, -0.1) is 11.3 Å². The fourth-order valence-electron chi connectivity index (χ4n) is 3.90. The van der Waals surface area contributed by atoms with Crippen molar-refractivity contribution in [2.45, 2.75) is 5.16 Å². The number of H-pyrrole nitrogens is 1. The first kappa shape index (κ1) is 20.8. The minimum absolute atomic E-state index is 0.0709. The van der Waals surface area contributed by atoms with Crippen LogP contribution in [0.4, 0.5) is 5.69 Å². The lowest BCUT2D eigenvalue weighted by molar-refractivity contribution is -0.128. The number of hydrogen-bond donors (Lipinski definition) is 1. The van der Waals surface area contributed by atoms with Gasteiger partial charge in [-0.2, -0.15) is 0 Å². The number of nitrogens with zero attached hydrogens (tertiary/aromatic N) is 3. The van der Waals surface area contributed by atoms with Crippen LogP contribution in [0.1, 0.15) is 0 Å². The molecule has 2 aromatic carbocycles. The van der Waals surface area contributed by atoms with Gasteiger partial charge in [0.25, 0.3) is 5.56 Å². The molecule has 6 nitrogen and oxygen atoms in total. The molecule has 1 aliphatic heterocycles. The number of carbonyl (C=O) groups excluding carboxylic acids is 1. The van der Waals surface area contributed by atoms with Crippen LogP contribution in [0.5, 0.6) is 0 Å². The van der Waals surface area contributed by atoms with Gasteiger partial charge in [-0.1, -0.05) is 60.3 Å². The highest BCUT2D eigenvalue weighted by atomic mass is 32.2. The summed E-state index contributed by atoms with van der Waals surface area (Å²) in [6, 6.07) is 20.1. The maximum atomic E-state index is 12.8. The van der Waals surface area contributed by atoms with Crippen LogP contribution in [0, 0.1) is 0 Å². The molecule has 4 aromatic rings. The predicted molar refractivity (Wildman–Crippen MR) is 132 cm³/mol. The van der Waals surface area contributed by atoms with Crippen molar-refractivity contribution in [1.29, 1.82) is 0 Å². The molecule has 1 N–H and O–H groups in total. The molecule has 32 heavy (non-hydrogen) atoms. The van der Waals surface area contributed by atoms with E-state index in [-0.39, 0.29) is 17.2 Å². The monoisotopic (exact) mass is 462 g/mol. The van der Waals surface area contributed by atoms with Crippen LogP contribution in [0.3, 0.4) is 0 Å². The molecule has 162 valence electrons. The van der Waals surface area contributed by atoms with Gasteiger partial charge in [0.1, 0.15) is 4.83 Å². The molecule has 0 saturated carbocycles. The van der Waals surface area contributed by atoms with Crippen molar-refractivity contribution >= 4 is 44.9 Å². The Bertz CT molecular complexity index is 1280. The Balaban J connectivity index is 1.23. The number of nitrogens with one attached hydrogen (secondary N) is 1. The van der Waals surface area contributed by atoms with Crippen molar-refractivity contribution in [2.75, 3.05) is 36.8 Å². The smallest absolute Gasteiger partial charge is 0.260 e. The lowest BCUT2D eigenvalue weighted by atomic mass is 10.1. The molecule has 1 amide bonds. The van der Waals surface area contributed by atoms with E-state index >= 15 is 0 Å². The zero-order valence-electron chi connectivity index (χ0n) is 17.4. The summed E-state index contributed by atoms with van der Waals surface area (Å²) in [5.74, 6) is 0.332. The fourth-order valence-corrected chi connectivity index (χ4v) is 5.67. The molecular weight excluding hydrogens is 440 g/mol. The molecule has 8 heteroatoms. The van der Waals surface area contributed by atoms with Crippen LogP contribution in [0.15, 0.2) is 76.0 Å². The highest BCUT2D eigenvalue weighted by molar-refractivity contribution is 7.99. The molecule has 0 atom stereocenters. The molecule has 0 radical (unpaired) electrons. The summed E-state index contributed by atoms with van der Waals surface area (Å²) in [5, 5.41) is 3.06. The van der Waals surface area contributed by atoms with Crippen molar-refractivity contribution in [1.82, 2.24) is 14.9 Å². The maximum Gasteiger partial charge on any atom is 0.260 e. The number of benzene rings is 2. The molecule has 0 bridgehead atoms. The Hall–Kier alpha value is -3.10. The molecule has 0 spiro atoms. The SMILES string of the molecule is O=C(CSc1nc2scc(-c3ccccc3)c2c(=O)[nH]1)N1CCN(c2ccccc2)CC1. The van der Waals surface area contributed by atoms with E-state index in [0.29, 0.717) is 28.5 Å². The van der Waals surface area contributed by atoms with Crippen molar-refractivity contribution in [3.63, 3.8) is 0 Å². The summed E-state index contributed by atoms with van der Waals surface area (Å²) in [5.41, 5.74) is 2.91.